The second-order valence-corrected chi connectivity index (χ2v) is 11.0. The number of rotatable bonds is 9. The Balaban J connectivity index is -0.000000407. The van der Waals surface area contributed by atoms with Crippen LogP contribution >= 0.6 is 7.60 Å². The summed E-state index contributed by atoms with van der Waals surface area (Å²) >= 11 is 0. The third-order valence-corrected chi connectivity index (χ3v) is 7.88. The highest BCUT2D eigenvalue weighted by atomic mass is 35.5. The van der Waals surface area contributed by atoms with Crippen LogP contribution in [0.25, 0.3) is 0 Å². The minimum Gasteiger partial charge on any atom is -1.00 e. The van der Waals surface area contributed by atoms with E-state index in [1.165, 1.54) is 61.6 Å². The van der Waals surface area contributed by atoms with Crippen LogP contribution in [-0.4, -0.2) is 46.6 Å². The highest BCUT2D eigenvalue weighted by Gasteiger charge is 2.16. The van der Waals surface area contributed by atoms with E-state index >= 15 is 0 Å². The molecule has 6 heteroatoms. The number of halogens is 1. The molecule has 2 unspecified atom stereocenters. The minimum atomic E-state index is -3.65. The molecule has 2 atom stereocenters. The maximum atomic E-state index is 9.69. The molecular weight excluding hydrogens is 489 g/mol. The summed E-state index contributed by atoms with van der Waals surface area (Å²) in [6.07, 6.45) is 2.39. The Kier molecular flexibility index (Phi) is 25.1. The van der Waals surface area contributed by atoms with E-state index in [1.807, 2.05) is 0 Å². The Hall–Kier alpha value is -1.16. The SMILES string of the molecule is CCC(C)c1ccccc1.CCC(C)c1ccccc1.CCP(=O)(O)O.CC[N+](CC)(CC)CC.[Cl-]. The number of hydrogen-bond donors (Lipinski definition) is 2. The molecule has 0 aliphatic rings. The van der Waals surface area contributed by atoms with Gasteiger partial charge in [-0.05, 0) is 63.5 Å². The lowest BCUT2D eigenvalue weighted by Crippen LogP contribution is -3.00. The molecule has 0 aliphatic heterocycles. The number of nitrogens with zero attached hydrogens (tertiary/aromatic N) is 1. The van der Waals surface area contributed by atoms with Crippen LogP contribution in [0, 0.1) is 0 Å². The van der Waals surface area contributed by atoms with E-state index in [4.69, 9.17) is 9.79 Å². The van der Waals surface area contributed by atoms with Gasteiger partial charge in [-0.15, -0.1) is 0 Å². The highest BCUT2D eigenvalue weighted by Crippen LogP contribution is 2.32. The second-order valence-electron chi connectivity index (χ2n) is 9.03. The van der Waals surface area contributed by atoms with Gasteiger partial charge in [0.15, 0.2) is 0 Å². The Morgan fingerprint density at radius 3 is 1.03 bits per heavy atom. The lowest BCUT2D eigenvalue weighted by atomic mass is 9.99. The molecule has 0 aromatic heterocycles. The molecule has 210 valence electrons. The van der Waals surface area contributed by atoms with Gasteiger partial charge in [0.05, 0.1) is 26.2 Å². The van der Waals surface area contributed by atoms with Crippen LogP contribution < -0.4 is 12.4 Å². The van der Waals surface area contributed by atoms with Crippen molar-refractivity contribution < 1.29 is 31.2 Å². The Labute approximate surface area is 229 Å². The van der Waals surface area contributed by atoms with Gasteiger partial charge in [-0.3, -0.25) is 4.57 Å². The monoisotopic (exact) mass is 543 g/mol. The normalized spacial score (nSPS) is 12.2. The fourth-order valence-corrected chi connectivity index (χ4v) is 3.38. The highest BCUT2D eigenvalue weighted by molar-refractivity contribution is 7.51. The number of benzene rings is 2. The van der Waals surface area contributed by atoms with Gasteiger partial charge in [0, 0.05) is 6.16 Å². The number of hydrogen-bond acceptors (Lipinski definition) is 1. The zero-order chi connectivity index (χ0) is 27.3. The molecule has 0 saturated carbocycles. The van der Waals surface area contributed by atoms with Gasteiger partial charge in [0.25, 0.3) is 0 Å². The molecule has 0 saturated heterocycles. The van der Waals surface area contributed by atoms with E-state index in [0.717, 1.165) is 0 Å². The average Bonchev–Trinajstić information content (AvgIpc) is 2.91. The van der Waals surface area contributed by atoms with Crippen LogP contribution in [-0.2, 0) is 4.57 Å². The fourth-order valence-electron chi connectivity index (χ4n) is 3.38. The standard InChI is InChI=1S/2C10H14.C8H20N.C2H7O3P.ClH/c2*1-3-9(2)10-7-5-4-6-8-10;1-5-9(6-2,7-3)8-4;1-2-6(3,4)5;/h2*4-9H,3H2,1-2H3;5-8H2,1-4H3;2H2,1H3,(H2,3,4,5);1H/q;;+1;;/p-1. The summed E-state index contributed by atoms with van der Waals surface area (Å²) in [7, 11) is -3.65. The van der Waals surface area contributed by atoms with Gasteiger partial charge >= 0.3 is 7.60 Å². The smallest absolute Gasteiger partial charge is 0.325 e. The van der Waals surface area contributed by atoms with Crippen molar-refractivity contribution in [2.24, 2.45) is 0 Å². The molecule has 0 bridgehead atoms. The van der Waals surface area contributed by atoms with Crippen LogP contribution in [0.2, 0.25) is 0 Å². The summed E-state index contributed by atoms with van der Waals surface area (Å²) in [6.45, 7) is 24.6. The van der Waals surface area contributed by atoms with Crippen molar-refractivity contribution >= 4 is 7.60 Å². The summed E-state index contributed by atoms with van der Waals surface area (Å²) in [5.41, 5.74) is 2.90. The largest absolute Gasteiger partial charge is 1.00 e. The summed E-state index contributed by atoms with van der Waals surface area (Å²) in [4.78, 5) is 15.9. The summed E-state index contributed by atoms with van der Waals surface area (Å²) in [6, 6.07) is 21.3. The molecule has 0 aliphatic carbocycles. The topological polar surface area (TPSA) is 57.5 Å². The first-order valence-electron chi connectivity index (χ1n) is 13.5. The lowest BCUT2D eigenvalue weighted by Gasteiger charge is -2.34. The lowest BCUT2D eigenvalue weighted by molar-refractivity contribution is -0.921. The molecular formula is C30H55ClNO3P. The molecule has 2 N–H and O–H groups in total. The molecule has 0 amide bonds. The van der Waals surface area contributed by atoms with Crippen LogP contribution in [0.15, 0.2) is 60.7 Å². The molecule has 2 rings (SSSR count). The minimum absolute atomic E-state index is 0. The van der Waals surface area contributed by atoms with E-state index in [0.29, 0.717) is 11.8 Å². The fraction of sp³-hybridized carbons (Fsp3) is 0.600. The Bertz CT molecular complexity index is 701. The van der Waals surface area contributed by atoms with Crippen molar-refractivity contribution in [2.75, 3.05) is 32.3 Å². The van der Waals surface area contributed by atoms with E-state index in [-0.39, 0.29) is 18.6 Å². The maximum absolute atomic E-state index is 9.69. The molecule has 0 radical (unpaired) electrons. The molecule has 36 heavy (non-hydrogen) atoms. The van der Waals surface area contributed by atoms with Gasteiger partial charge < -0.3 is 26.7 Å². The third kappa shape index (κ3) is 19.0. The van der Waals surface area contributed by atoms with Crippen molar-refractivity contribution in [1.82, 2.24) is 0 Å². The Morgan fingerprint density at radius 2 is 0.889 bits per heavy atom. The average molecular weight is 544 g/mol. The van der Waals surface area contributed by atoms with Gasteiger partial charge in [0.2, 0.25) is 0 Å². The van der Waals surface area contributed by atoms with Crippen LogP contribution in [0.1, 0.15) is 98.1 Å². The zero-order valence-corrected chi connectivity index (χ0v) is 26.1. The van der Waals surface area contributed by atoms with Crippen molar-refractivity contribution in [3.63, 3.8) is 0 Å². The summed E-state index contributed by atoms with van der Waals surface area (Å²) in [5, 5.41) is 0. The first-order chi connectivity index (χ1) is 16.5. The van der Waals surface area contributed by atoms with Gasteiger partial charge in [-0.25, -0.2) is 0 Å². The van der Waals surface area contributed by atoms with Crippen LogP contribution in [0.3, 0.4) is 0 Å². The van der Waals surface area contributed by atoms with E-state index < -0.39 is 7.60 Å². The van der Waals surface area contributed by atoms with Crippen molar-refractivity contribution in [1.29, 1.82) is 0 Å². The van der Waals surface area contributed by atoms with E-state index in [2.05, 4.69) is 116 Å². The Morgan fingerprint density at radius 1 is 0.639 bits per heavy atom. The summed E-state index contributed by atoms with van der Waals surface area (Å²) in [5.74, 6) is 1.42. The van der Waals surface area contributed by atoms with Crippen LogP contribution in [0.4, 0.5) is 0 Å². The summed E-state index contributed by atoms with van der Waals surface area (Å²) < 4.78 is 11.0. The van der Waals surface area contributed by atoms with Crippen molar-refractivity contribution in [3.05, 3.63) is 71.8 Å². The number of quaternary nitrogens is 1. The first-order valence-corrected chi connectivity index (χ1v) is 15.3. The zero-order valence-electron chi connectivity index (χ0n) is 24.5. The molecule has 0 heterocycles. The third-order valence-electron chi connectivity index (χ3n) is 7.06. The predicted octanol–water partition coefficient (Wildman–Crippen LogP) is 5.47. The van der Waals surface area contributed by atoms with Gasteiger partial charge in [0.1, 0.15) is 0 Å². The molecule has 2 aromatic rings. The first kappa shape index (κ1) is 39.4. The van der Waals surface area contributed by atoms with Crippen molar-refractivity contribution in [3.8, 4) is 0 Å². The maximum Gasteiger partial charge on any atom is 0.325 e. The van der Waals surface area contributed by atoms with Gasteiger partial charge in [-0.1, -0.05) is 95.3 Å². The van der Waals surface area contributed by atoms with Crippen LogP contribution in [0.5, 0.6) is 0 Å². The molecule has 0 fully saturated rings. The predicted molar refractivity (Wildman–Crippen MR) is 155 cm³/mol. The quantitative estimate of drug-likeness (QED) is 0.326. The molecule has 4 nitrogen and oxygen atoms in total. The van der Waals surface area contributed by atoms with Gasteiger partial charge in [-0.2, -0.15) is 0 Å². The molecule has 2 aromatic carbocycles. The van der Waals surface area contributed by atoms with E-state index in [9.17, 15) is 4.57 Å². The molecule has 0 spiro atoms. The second kappa shape index (κ2) is 23.0. The van der Waals surface area contributed by atoms with Crippen molar-refractivity contribution in [2.45, 2.75) is 87.0 Å². The van der Waals surface area contributed by atoms with E-state index in [1.54, 1.807) is 0 Å².